The maximum atomic E-state index is 13.7. The molecule has 0 saturated carbocycles. The molecule has 6 nitrogen and oxygen atoms in total. The van der Waals surface area contributed by atoms with Crippen LogP contribution in [0.5, 0.6) is 0 Å². The summed E-state index contributed by atoms with van der Waals surface area (Å²) in [7, 11) is 4.15. The molecule has 0 spiro atoms. The molecule has 5 rings (SSSR count). The molecule has 1 fully saturated rings. The summed E-state index contributed by atoms with van der Waals surface area (Å²) in [6.45, 7) is 1.46. The molecule has 35 heavy (non-hydrogen) atoms. The molecule has 0 radical (unpaired) electrons. The molecule has 8 heteroatoms. The molecule has 182 valence electrons. The van der Waals surface area contributed by atoms with Gasteiger partial charge in [0, 0.05) is 41.5 Å². The molecule has 2 aliphatic heterocycles. The molecule has 1 aliphatic carbocycles. The highest BCUT2D eigenvalue weighted by Crippen LogP contribution is 2.36. The number of carbonyl (C=O) groups excluding carboxylic acids is 2. The first-order valence-electron chi connectivity index (χ1n) is 11.7. The quantitative estimate of drug-likeness (QED) is 0.489. The number of rotatable bonds is 4. The number of hydrogen-bond donors (Lipinski definition) is 1. The summed E-state index contributed by atoms with van der Waals surface area (Å²) < 4.78 is 19.7. The monoisotopic (exact) mass is 495 g/mol. The van der Waals surface area contributed by atoms with E-state index in [2.05, 4.69) is 24.3 Å². The number of allylic oxidation sites excluding steroid dienone is 2. The topological polar surface area (TPSA) is 65.8 Å². The van der Waals surface area contributed by atoms with Gasteiger partial charge in [-0.15, -0.1) is 11.6 Å². The number of halogens is 2. The molecule has 1 aromatic carbocycles. The highest BCUT2D eigenvalue weighted by Gasteiger charge is 2.29. The lowest BCUT2D eigenvalue weighted by molar-refractivity contribution is -0.128. The first-order chi connectivity index (χ1) is 16.8. The van der Waals surface area contributed by atoms with Crippen LogP contribution in [0.2, 0.25) is 0 Å². The second-order valence-corrected chi connectivity index (χ2v) is 9.88. The predicted octanol–water partition coefficient (Wildman–Crippen LogP) is 4.78. The van der Waals surface area contributed by atoms with Gasteiger partial charge in [-0.3, -0.25) is 9.59 Å². The number of anilines is 1. The first-order valence-corrected chi connectivity index (χ1v) is 12.2. The average molecular weight is 496 g/mol. The summed E-state index contributed by atoms with van der Waals surface area (Å²) in [5.41, 5.74) is 2.74. The molecule has 1 aromatic heterocycles. The highest BCUT2D eigenvalue weighted by molar-refractivity contribution is 6.34. The van der Waals surface area contributed by atoms with E-state index in [1.807, 2.05) is 17.1 Å². The smallest absolute Gasteiger partial charge is 0.256 e. The van der Waals surface area contributed by atoms with Crippen molar-refractivity contribution in [1.29, 1.82) is 0 Å². The third kappa shape index (κ3) is 4.70. The van der Waals surface area contributed by atoms with E-state index < -0.39 is 5.82 Å². The van der Waals surface area contributed by atoms with Gasteiger partial charge in [-0.05, 0) is 75.8 Å². The van der Waals surface area contributed by atoms with Crippen LogP contribution < -0.4 is 5.32 Å². The molecule has 2 amide bonds. The fourth-order valence-electron chi connectivity index (χ4n) is 4.85. The van der Waals surface area contributed by atoms with E-state index in [0.29, 0.717) is 46.4 Å². The standard InChI is InChI=1S/C27H27ClFN3O3/c1-31(2)18-9-11-32(12-10-18)27(34)16-3-6-23(28)22(13-16)25-8-5-19(35-25)15-21-20-14-17(29)4-7-24(20)30-26(21)33/h3-5,7-8,13-15,18,23H,6,9-12H2,1-2H3,(H,30,33)/b21-15+. The van der Waals surface area contributed by atoms with Gasteiger partial charge in [0.15, 0.2) is 0 Å². The molecular weight excluding hydrogens is 469 g/mol. The Bertz CT molecular complexity index is 1270. The van der Waals surface area contributed by atoms with Crippen molar-refractivity contribution in [3.8, 4) is 0 Å². The zero-order valence-corrected chi connectivity index (χ0v) is 20.4. The van der Waals surface area contributed by atoms with E-state index in [1.54, 1.807) is 18.2 Å². The van der Waals surface area contributed by atoms with Gasteiger partial charge in [-0.1, -0.05) is 6.08 Å². The number of amides is 2. The van der Waals surface area contributed by atoms with Crippen molar-refractivity contribution in [3.05, 3.63) is 71.0 Å². The third-order valence-electron chi connectivity index (χ3n) is 6.88. The van der Waals surface area contributed by atoms with Crippen LogP contribution in [0.15, 0.2) is 52.5 Å². The Hall–Kier alpha value is -3.16. The van der Waals surface area contributed by atoms with Crippen molar-refractivity contribution < 1.29 is 18.4 Å². The Balaban J connectivity index is 1.36. The second kappa shape index (κ2) is 9.47. The SMILES string of the molecule is CN(C)C1CCN(C(=O)C2=CCC(Cl)C(c3ccc(/C=C4/C(=O)Nc5ccc(F)cc54)o3)=C2)CC1. The van der Waals surface area contributed by atoms with Gasteiger partial charge in [0.2, 0.25) is 0 Å². The van der Waals surface area contributed by atoms with Crippen molar-refractivity contribution in [2.24, 2.45) is 0 Å². The zero-order chi connectivity index (χ0) is 24.7. The molecule has 1 unspecified atom stereocenters. The van der Waals surface area contributed by atoms with Crippen molar-refractivity contribution in [2.45, 2.75) is 30.7 Å². The largest absolute Gasteiger partial charge is 0.457 e. The number of fused-ring (bicyclic) bond motifs is 1. The summed E-state index contributed by atoms with van der Waals surface area (Å²) in [4.78, 5) is 29.7. The fourth-order valence-corrected chi connectivity index (χ4v) is 5.11. The van der Waals surface area contributed by atoms with E-state index in [1.165, 1.54) is 18.2 Å². The van der Waals surface area contributed by atoms with Crippen molar-refractivity contribution in [1.82, 2.24) is 9.80 Å². The Kier molecular flexibility index (Phi) is 6.38. The van der Waals surface area contributed by atoms with E-state index in [0.717, 1.165) is 31.5 Å². The van der Waals surface area contributed by atoms with Gasteiger partial charge in [-0.25, -0.2) is 4.39 Å². The fraction of sp³-hybridized carbons (Fsp3) is 0.333. The maximum Gasteiger partial charge on any atom is 0.256 e. The Morgan fingerprint density at radius 2 is 2.00 bits per heavy atom. The van der Waals surface area contributed by atoms with Gasteiger partial charge < -0.3 is 19.5 Å². The lowest BCUT2D eigenvalue weighted by Crippen LogP contribution is -2.44. The number of piperidine rings is 1. The van der Waals surface area contributed by atoms with Crippen molar-refractivity contribution in [3.63, 3.8) is 0 Å². The van der Waals surface area contributed by atoms with Gasteiger partial charge in [-0.2, -0.15) is 0 Å². The highest BCUT2D eigenvalue weighted by atomic mass is 35.5. The number of carbonyl (C=O) groups is 2. The van der Waals surface area contributed by atoms with E-state index in [-0.39, 0.29) is 17.2 Å². The van der Waals surface area contributed by atoms with Gasteiger partial charge in [0.25, 0.3) is 11.8 Å². The number of benzene rings is 1. The van der Waals surface area contributed by atoms with Crippen LogP contribution in [0.3, 0.4) is 0 Å². The normalized spacial score (nSPS) is 21.7. The zero-order valence-electron chi connectivity index (χ0n) is 19.7. The molecule has 3 aliphatic rings. The molecule has 0 bridgehead atoms. The van der Waals surface area contributed by atoms with Gasteiger partial charge in [0.1, 0.15) is 17.3 Å². The second-order valence-electron chi connectivity index (χ2n) is 9.35. The van der Waals surface area contributed by atoms with Crippen LogP contribution in [0, 0.1) is 5.82 Å². The average Bonchev–Trinajstić information content (AvgIpc) is 3.43. The number of alkyl halides is 1. The lowest BCUT2D eigenvalue weighted by Gasteiger charge is -2.35. The number of nitrogens with one attached hydrogen (secondary N) is 1. The van der Waals surface area contributed by atoms with Gasteiger partial charge >= 0.3 is 0 Å². The molecule has 1 atom stereocenters. The lowest BCUT2D eigenvalue weighted by atomic mass is 9.95. The van der Waals surface area contributed by atoms with Crippen LogP contribution in [-0.4, -0.2) is 60.2 Å². The van der Waals surface area contributed by atoms with Crippen molar-refractivity contribution >= 4 is 46.3 Å². The number of furan rings is 1. The number of hydrogen-bond acceptors (Lipinski definition) is 4. The van der Waals surface area contributed by atoms with E-state index in [4.69, 9.17) is 16.0 Å². The van der Waals surface area contributed by atoms with Crippen LogP contribution in [-0.2, 0) is 9.59 Å². The Morgan fingerprint density at radius 1 is 1.23 bits per heavy atom. The summed E-state index contributed by atoms with van der Waals surface area (Å²) >= 11 is 6.59. The molecule has 1 N–H and O–H groups in total. The van der Waals surface area contributed by atoms with Gasteiger partial charge in [0.05, 0.1) is 11.0 Å². The summed E-state index contributed by atoms with van der Waals surface area (Å²) in [5.74, 6) is 0.265. The Morgan fingerprint density at radius 3 is 2.74 bits per heavy atom. The minimum atomic E-state index is -0.418. The molecule has 2 aromatic rings. The summed E-state index contributed by atoms with van der Waals surface area (Å²) in [6.07, 6.45) is 7.73. The van der Waals surface area contributed by atoms with E-state index >= 15 is 0 Å². The molecule has 1 saturated heterocycles. The first kappa shape index (κ1) is 23.6. The maximum absolute atomic E-state index is 13.7. The molecular formula is C27H27ClFN3O3. The molecule has 3 heterocycles. The summed E-state index contributed by atoms with van der Waals surface area (Å²) in [5, 5.41) is 2.40. The third-order valence-corrected chi connectivity index (χ3v) is 7.30. The minimum Gasteiger partial charge on any atom is -0.457 e. The summed E-state index contributed by atoms with van der Waals surface area (Å²) in [6, 6.07) is 8.19. The van der Waals surface area contributed by atoms with Crippen LogP contribution >= 0.6 is 11.6 Å². The van der Waals surface area contributed by atoms with Crippen LogP contribution in [0.25, 0.3) is 17.2 Å². The van der Waals surface area contributed by atoms with Crippen LogP contribution in [0.1, 0.15) is 36.3 Å². The predicted molar refractivity (Wildman–Crippen MR) is 135 cm³/mol. The Labute approximate surface area is 208 Å². The number of likely N-dealkylation sites (tertiary alicyclic amines) is 1. The van der Waals surface area contributed by atoms with Crippen LogP contribution in [0.4, 0.5) is 10.1 Å². The van der Waals surface area contributed by atoms with E-state index in [9.17, 15) is 14.0 Å². The number of nitrogens with zero attached hydrogens (tertiary/aromatic N) is 2. The van der Waals surface area contributed by atoms with Crippen molar-refractivity contribution in [2.75, 3.05) is 32.5 Å². The minimum absolute atomic E-state index is 0.0124.